The van der Waals surface area contributed by atoms with E-state index in [2.05, 4.69) is 20.4 Å². The number of methoxy groups -OCH3 is 1. The Hall–Kier alpha value is -3.92. The summed E-state index contributed by atoms with van der Waals surface area (Å²) < 4.78 is 12.4. The van der Waals surface area contributed by atoms with Gasteiger partial charge in [-0.15, -0.1) is 11.3 Å². The number of nitrogens with zero attached hydrogens (tertiary/aromatic N) is 3. The molecule has 3 heterocycles. The maximum absolute atomic E-state index is 12.8. The molecule has 0 spiro atoms. The third kappa shape index (κ3) is 4.44. The number of anilines is 1. The van der Waals surface area contributed by atoms with E-state index >= 15 is 0 Å². The molecule has 1 aliphatic carbocycles. The van der Waals surface area contributed by atoms with Crippen LogP contribution in [0.4, 0.5) is 5.82 Å². The number of carbonyl (C=O) groups is 1. The van der Waals surface area contributed by atoms with Crippen molar-refractivity contribution in [1.29, 1.82) is 0 Å². The first kappa shape index (κ1) is 21.9. The molecule has 0 bridgehead atoms. The summed E-state index contributed by atoms with van der Waals surface area (Å²) in [6.07, 6.45) is 3.45. The number of aryl methyl sites for hydroxylation is 1. The fourth-order valence-corrected chi connectivity index (χ4v) is 4.61. The molecule has 0 unspecified atom stereocenters. The van der Waals surface area contributed by atoms with Gasteiger partial charge in [-0.2, -0.15) is 9.78 Å². The van der Waals surface area contributed by atoms with Crippen molar-refractivity contribution in [3.63, 3.8) is 0 Å². The fourth-order valence-electron chi connectivity index (χ4n) is 3.93. The molecule has 0 saturated heterocycles. The Morgan fingerprint density at radius 2 is 2.00 bits per heavy atom. The molecule has 0 fully saturated rings. The van der Waals surface area contributed by atoms with E-state index in [1.54, 1.807) is 31.4 Å². The van der Waals surface area contributed by atoms with Gasteiger partial charge in [0.2, 0.25) is 5.95 Å². The molecule has 10 heteroatoms. The summed E-state index contributed by atoms with van der Waals surface area (Å²) in [4.78, 5) is 33.9. The third-order valence-corrected chi connectivity index (χ3v) is 6.45. The molecule has 1 amide bonds. The molecule has 1 aliphatic rings. The first-order valence-corrected chi connectivity index (χ1v) is 11.8. The van der Waals surface area contributed by atoms with Gasteiger partial charge in [0.15, 0.2) is 18.1 Å². The van der Waals surface area contributed by atoms with E-state index in [-0.39, 0.29) is 24.0 Å². The van der Waals surface area contributed by atoms with Crippen molar-refractivity contribution in [2.75, 3.05) is 19.0 Å². The van der Waals surface area contributed by atoms with Crippen LogP contribution in [0.1, 0.15) is 24.1 Å². The highest BCUT2D eigenvalue weighted by molar-refractivity contribution is 7.13. The van der Waals surface area contributed by atoms with Crippen LogP contribution in [0.3, 0.4) is 0 Å². The molecule has 9 nitrogen and oxygen atoms in total. The number of thiophene rings is 1. The Balaban J connectivity index is 1.44. The number of H-pyrrole nitrogens is 1. The van der Waals surface area contributed by atoms with Gasteiger partial charge in [0.05, 0.1) is 17.7 Å². The normalized spacial score (nSPS) is 12.7. The van der Waals surface area contributed by atoms with E-state index < -0.39 is 0 Å². The molecule has 5 rings (SSSR count). The third-order valence-electron chi connectivity index (χ3n) is 5.56. The van der Waals surface area contributed by atoms with Gasteiger partial charge >= 0.3 is 0 Å². The Labute approximate surface area is 199 Å². The summed E-state index contributed by atoms with van der Waals surface area (Å²) in [5.74, 6) is 1.28. The Bertz CT molecular complexity index is 1380. The standard InChI is InChI=1S/C24H23N5O4S/c1-32-18-9-4-5-10-19(18)33-14-22(30)26-21-13-17(20-11-6-12-34-20)28-29(21)24-25-16-8-3-2-7-15(16)23(31)27-24/h4-6,9-13H,2-3,7-8,14H2,1H3,(H,26,30)(H,25,27,31). The minimum atomic E-state index is -0.384. The van der Waals surface area contributed by atoms with E-state index in [0.717, 1.165) is 41.8 Å². The smallest absolute Gasteiger partial charge is 0.263 e. The maximum atomic E-state index is 12.8. The van der Waals surface area contributed by atoms with Gasteiger partial charge in [-0.1, -0.05) is 18.2 Å². The molecule has 3 aromatic heterocycles. The summed E-state index contributed by atoms with van der Waals surface area (Å²) in [6.45, 7) is -0.228. The van der Waals surface area contributed by atoms with Crippen LogP contribution in [-0.4, -0.2) is 39.4 Å². The number of benzene rings is 1. The van der Waals surface area contributed by atoms with Crippen molar-refractivity contribution in [2.45, 2.75) is 25.7 Å². The summed E-state index contributed by atoms with van der Waals surface area (Å²) in [6, 6.07) is 12.7. The highest BCUT2D eigenvalue weighted by atomic mass is 32.1. The Kier molecular flexibility index (Phi) is 6.13. The quantitative estimate of drug-likeness (QED) is 0.421. The maximum Gasteiger partial charge on any atom is 0.263 e. The predicted octanol–water partition coefficient (Wildman–Crippen LogP) is 3.59. The molecule has 2 N–H and O–H groups in total. The number of hydrogen-bond acceptors (Lipinski definition) is 7. The zero-order valence-corrected chi connectivity index (χ0v) is 19.4. The Morgan fingerprint density at radius 3 is 2.79 bits per heavy atom. The van der Waals surface area contributed by atoms with Crippen LogP contribution in [0.25, 0.3) is 16.5 Å². The number of hydrogen-bond donors (Lipinski definition) is 2. The zero-order valence-electron chi connectivity index (χ0n) is 18.5. The summed E-state index contributed by atoms with van der Waals surface area (Å²) >= 11 is 1.53. The number of fused-ring (bicyclic) bond motifs is 1. The van der Waals surface area contributed by atoms with Gasteiger partial charge in [0.25, 0.3) is 11.5 Å². The average molecular weight is 478 g/mol. The second kappa shape index (κ2) is 9.52. The minimum Gasteiger partial charge on any atom is -0.493 e. The molecule has 0 saturated carbocycles. The first-order chi connectivity index (χ1) is 16.6. The van der Waals surface area contributed by atoms with Gasteiger partial charge in [0, 0.05) is 11.6 Å². The predicted molar refractivity (Wildman–Crippen MR) is 129 cm³/mol. The highest BCUT2D eigenvalue weighted by Gasteiger charge is 2.20. The monoisotopic (exact) mass is 477 g/mol. The molecule has 0 aliphatic heterocycles. The van der Waals surface area contributed by atoms with Gasteiger partial charge in [-0.25, -0.2) is 4.98 Å². The molecule has 0 atom stereocenters. The fraction of sp³-hybridized carbons (Fsp3) is 0.250. The number of ether oxygens (including phenoxy) is 2. The van der Waals surface area contributed by atoms with Crippen molar-refractivity contribution in [3.8, 4) is 28.0 Å². The summed E-state index contributed by atoms with van der Waals surface area (Å²) in [5.41, 5.74) is 2.02. The number of amides is 1. The van der Waals surface area contributed by atoms with Crippen molar-refractivity contribution >= 4 is 23.1 Å². The van der Waals surface area contributed by atoms with Gasteiger partial charge in [0.1, 0.15) is 11.5 Å². The summed E-state index contributed by atoms with van der Waals surface area (Å²) in [7, 11) is 1.54. The SMILES string of the molecule is COc1ccccc1OCC(=O)Nc1cc(-c2cccs2)nn1-c1nc2c(c(=O)[nH]1)CCCC2. The van der Waals surface area contributed by atoms with Crippen molar-refractivity contribution in [3.05, 3.63) is 69.5 Å². The van der Waals surface area contributed by atoms with Gasteiger partial charge in [-0.05, 0) is 49.3 Å². The van der Waals surface area contributed by atoms with Crippen LogP contribution in [0.5, 0.6) is 11.5 Å². The van der Waals surface area contributed by atoms with Crippen molar-refractivity contribution in [1.82, 2.24) is 19.7 Å². The van der Waals surface area contributed by atoms with E-state index in [9.17, 15) is 9.59 Å². The van der Waals surface area contributed by atoms with Crippen molar-refractivity contribution < 1.29 is 14.3 Å². The molecule has 34 heavy (non-hydrogen) atoms. The number of nitrogens with one attached hydrogen (secondary N) is 2. The van der Waals surface area contributed by atoms with Crippen LogP contribution in [0.15, 0.2) is 52.6 Å². The number of rotatable bonds is 7. The molecule has 174 valence electrons. The molecule has 1 aromatic carbocycles. The average Bonchev–Trinajstić information content (AvgIpc) is 3.53. The van der Waals surface area contributed by atoms with E-state index in [1.807, 2.05) is 23.6 Å². The number of aromatic amines is 1. The number of aromatic nitrogens is 4. The lowest BCUT2D eigenvalue weighted by molar-refractivity contribution is -0.118. The second-order valence-electron chi connectivity index (χ2n) is 7.81. The van der Waals surface area contributed by atoms with E-state index in [0.29, 0.717) is 23.0 Å². The van der Waals surface area contributed by atoms with Crippen molar-refractivity contribution in [2.24, 2.45) is 0 Å². The lowest BCUT2D eigenvalue weighted by Crippen LogP contribution is -2.26. The van der Waals surface area contributed by atoms with Crippen LogP contribution in [0.2, 0.25) is 0 Å². The van der Waals surface area contributed by atoms with Crippen LogP contribution >= 0.6 is 11.3 Å². The lowest BCUT2D eigenvalue weighted by Gasteiger charge is -2.15. The summed E-state index contributed by atoms with van der Waals surface area (Å²) in [5, 5.41) is 9.42. The molecular formula is C24H23N5O4S. The zero-order chi connectivity index (χ0) is 23.5. The first-order valence-electron chi connectivity index (χ1n) is 10.9. The number of carbonyl (C=O) groups excluding carboxylic acids is 1. The molecule has 4 aromatic rings. The molecule has 0 radical (unpaired) electrons. The Morgan fingerprint density at radius 1 is 1.18 bits per heavy atom. The van der Waals surface area contributed by atoms with E-state index in [4.69, 9.17) is 9.47 Å². The van der Waals surface area contributed by atoms with Gasteiger partial charge in [-0.3, -0.25) is 14.6 Å². The van der Waals surface area contributed by atoms with E-state index in [1.165, 1.54) is 16.0 Å². The van der Waals surface area contributed by atoms with Gasteiger partial charge < -0.3 is 14.8 Å². The van der Waals surface area contributed by atoms with Crippen LogP contribution < -0.4 is 20.3 Å². The highest BCUT2D eigenvalue weighted by Crippen LogP contribution is 2.28. The second-order valence-corrected chi connectivity index (χ2v) is 8.76. The minimum absolute atomic E-state index is 0.162. The largest absolute Gasteiger partial charge is 0.493 e. The topological polar surface area (TPSA) is 111 Å². The van der Waals surface area contributed by atoms with Crippen LogP contribution in [-0.2, 0) is 17.6 Å². The lowest BCUT2D eigenvalue weighted by atomic mass is 9.97. The number of para-hydroxylation sites is 2. The molecular weight excluding hydrogens is 454 g/mol. The van der Waals surface area contributed by atoms with Crippen LogP contribution in [0, 0.1) is 0 Å².